The van der Waals surface area contributed by atoms with Crippen LogP contribution >= 0.6 is 0 Å². The minimum atomic E-state index is 0.635. The zero-order valence-corrected chi connectivity index (χ0v) is 33.5. The van der Waals surface area contributed by atoms with Crippen LogP contribution < -0.4 is 0 Å². The molecule has 0 atom stereocenters. The second kappa shape index (κ2) is 13.6. The third kappa shape index (κ3) is 5.33. The second-order valence-corrected chi connectivity index (χ2v) is 16.1. The molecule has 0 aliphatic carbocycles. The molecule has 0 saturated heterocycles. The lowest BCUT2D eigenvalue weighted by Gasteiger charge is -2.16. The predicted molar refractivity (Wildman–Crippen MR) is 258 cm³/mol. The summed E-state index contributed by atoms with van der Waals surface area (Å²) in [4.78, 5) is 10.8. The van der Waals surface area contributed by atoms with Gasteiger partial charge >= 0.3 is 0 Å². The van der Waals surface area contributed by atoms with Gasteiger partial charge in [0.2, 0.25) is 0 Å². The molecule has 0 spiro atoms. The maximum Gasteiger partial charge on any atom is 0.160 e. The molecule has 3 heterocycles. The van der Waals surface area contributed by atoms with Crippen LogP contribution in [0, 0.1) is 0 Å². The first-order chi connectivity index (χ1) is 30.7. The van der Waals surface area contributed by atoms with E-state index in [2.05, 4.69) is 199 Å². The molecule has 0 radical (unpaired) electrons. The second-order valence-electron chi connectivity index (χ2n) is 16.1. The Morgan fingerprint density at radius 2 is 0.871 bits per heavy atom. The quantitative estimate of drug-likeness (QED) is 0.163. The molecule has 0 amide bonds. The van der Waals surface area contributed by atoms with E-state index in [-0.39, 0.29) is 0 Å². The van der Waals surface area contributed by atoms with Crippen LogP contribution in [0.3, 0.4) is 0 Å². The van der Waals surface area contributed by atoms with Gasteiger partial charge in [0.05, 0.1) is 22.4 Å². The van der Waals surface area contributed by atoms with Crippen LogP contribution in [0.1, 0.15) is 0 Å². The first kappa shape index (κ1) is 34.5. The van der Waals surface area contributed by atoms with Gasteiger partial charge in [-0.05, 0) is 98.0 Å². The van der Waals surface area contributed by atoms with Gasteiger partial charge in [0.25, 0.3) is 0 Å². The topological polar surface area (TPSA) is 43.9 Å². The number of nitrogens with zero attached hydrogens (tertiary/aromatic N) is 3. The summed E-state index contributed by atoms with van der Waals surface area (Å²) < 4.78 is 8.97. The van der Waals surface area contributed by atoms with Gasteiger partial charge in [-0.15, -0.1) is 0 Å². The van der Waals surface area contributed by atoms with Crippen molar-refractivity contribution in [2.24, 2.45) is 0 Å². The lowest BCUT2D eigenvalue weighted by atomic mass is 9.91. The van der Waals surface area contributed by atoms with E-state index in [1.807, 2.05) is 18.2 Å². The van der Waals surface area contributed by atoms with Crippen molar-refractivity contribution in [2.45, 2.75) is 0 Å². The third-order valence-corrected chi connectivity index (χ3v) is 12.6. The average molecular weight is 790 g/mol. The summed E-state index contributed by atoms with van der Waals surface area (Å²) in [6.07, 6.45) is 0. The summed E-state index contributed by atoms with van der Waals surface area (Å²) in [6, 6.07) is 75.7. The van der Waals surface area contributed by atoms with Crippen molar-refractivity contribution in [3.8, 4) is 50.7 Å². The van der Waals surface area contributed by atoms with E-state index in [9.17, 15) is 0 Å². The zero-order chi connectivity index (χ0) is 40.7. The SMILES string of the molecule is c1ccc(-c2cc(-c3cccc4c3oc3ccccc34)nc(-c3cc(-c4ccc5c6ccccc6c6ccccc6c5c4)cc(-n4c5ccccc5c5ccccc54)c3)n2)cc1. The number of rotatable bonds is 5. The number of benzene rings is 10. The van der Waals surface area contributed by atoms with Gasteiger partial charge in [-0.25, -0.2) is 9.97 Å². The van der Waals surface area contributed by atoms with Crippen LogP contribution in [0.2, 0.25) is 0 Å². The monoisotopic (exact) mass is 789 g/mol. The minimum Gasteiger partial charge on any atom is -0.455 e. The molecule has 0 N–H and O–H groups in total. The Morgan fingerprint density at radius 1 is 0.323 bits per heavy atom. The summed E-state index contributed by atoms with van der Waals surface area (Å²) in [5, 5.41) is 12.1. The van der Waals surface area contributed by atoms with Crippen LogP contribution in [0.25, 0.3) is 127 Å². The van der Waals surface area contributed by atoms with Gasteiger partial charge < -0.3 is 8.98 Å². The molecule has 0 bridgehead atoms. The molecule has 3 aromatic heterocycles. The van der Waals surface area contributed by atoms with Gasteiger partial charge in [0, 0.05) is 43.9 Å². The van der Waals surface area contributed by atoms with Crippen LogP contribution in [-0.2, 0) is 0 Å². The summed E-state index contributed by atoms with van der Waals surface area (Å²) in [6.45, 7) is 0. The van der Waals surface area contributed by atoms with Crippen molar-refractivity contribution in [3.63, 3.8) is 0 Å². The lowest BCUT2D eigenvalue weighted by molar-refractivity contribution is 0.670. The highest BCUT2D eigenvalue weighted by Crippen LogP contribution is 2.41. The predicted octanol–water partition coefficient (Wildman–Crippen LogP) is 15.6. The van der Waals surface area contributed by atoms with Crippen molar-refractivity contribution in [1.82, 2.24) is 14.5 Å². The Kier molecular flexibility index (Phi) is 7.57. The Morgan fingerprint density at radius 3 is 1.58 bits per heavy atom. The van der Waals surface area contributed by atoms with Gasteiger partial charge in [0.15, 0.2) is 5.82 Å². The third-order valence-electron chi connectivity index (χ3n) is 12.6. The number of hydrogen-bond acceptors (Lipinski definition) is 3. The Bertz CT molecular complexity index is 3840. The maximum atomic E-state index is 6.58. The fraction of sp³-hybridized carbons (Fsp3) is 0. The molecular weight excluding hydrogens is 755 g/mol. The highest BCUT2D eigenvalue weighted by Gasteiger charge is 2.20. The van der Waals surface area contributed by atoms with Gasteiger partial charge in [-0.2, -0.15) is 0 Å². The number of aromatic nitrogens is 3. The molecule has 0 aliphatic heterocycles. The number of furan rings is 1. The van der Waals surface area contributed by atoms with E-state index in [4.69, 9.17) is 14.4 Å². The van der Waals surface area contributed by atoms with E-state index in [1.54, 1.807) is 0 Å². The van der Waals surface area contributed by atoms with Crippen LogP contribution in [0.15, 0.2) is 217 Å². The molecule has 0 unspecified atom stereocenters. The zero-order valence-electron chi connectivity index (χ0n) is 33.5. The molecular formula is C58H35N3O. The molecule has 288 valence electrons. The molecule has 62 heavy (non-hydrogen) atoms. The lowest BCUT2D eigenvalue weighted by Crippen LogP contribution is -1.99. The average Bonchev–Trinajstić information content (AvgIpc) is 3.90. The van der Waals surface area contributed by atoms with Crippen molar-refractivity contribution >= 4 is 76.1 Å². The molecule has 13 aromatic rings. The van der Waals surface area contributed by atoms with E-state index >= 15 is 0 Å². The fourth-order valence-electron chi connectivity index (χ4n) is 9.74. The smallest absolute Gasteiger partial charge is 0.160 e. The molecule has 0 saturated carbocycles. The molecule has 13 rings (SSSR count). The Labute approximate surface area is 356 Å². The fourth-order valence-corrected chi connectivity index (χ4v) is 9.74. The van der Waals surface area contributed by atoms with Crippen molar-refractivity contribution in [3.05, 3.63) is 212 Å². The standard InChI is InChI=1S/C58H35N3O/c1-2-15-36(16-3-1)52-35-53(50-25-14-24-49-48-23-10-13-28-56(48)62-57(49)50)60-58(59-52)39-31-38(32-40(33-39)61-54-26-11-8-21-46(54)47-22-9-12-27-55(47)61)37-29-30-45-43-19-5-4-17-41(43)42-18-6-7-20-44(42)51(45)34-37/h1-35H. The van der Waals surface area contributed by atoms with Crippen LogP contribution in [-0.4, -0.2) is 14.5 Å². The van der Waals surface area contributed by atoms with E-state index < -0.39 is 0 Å². The van der Waals surface area contributed by atoms with Crippen LogP contribution in [0.5, 0.6) is 0 Å². The van der Waals surface area contributed by atoms with Crippen LogP contribution in [0.4, 0.5) is 0 Å². The first-order valence-electron chi connectivity index (χ1n) is 21.1. The van der Waals surface area contributed by atoms with Crippen molar-refractivity contribution < 1.29 is 4.42 Å². The summed E-state index contributed by atoms with van der Waals surface area (Å²) in [5.74, 6) is 0.635. The number of para-hydroxylation sites is 4. The van der Waals surface area contributed by atoms with Gasteiger partial charge in [-0.1, -0.05) is 158 Å². The van der Waals surface area contributed by atoms with E-state index in [0.717, 1.165) is 77.9 Å². The first-order valence-corrected chi connectivity index (χ1v) is 21.1. The van der Waals surface area contributed by atoms with E-state index in [1.165, 1.54) is 43.1 Å². The minimum absolute atomic E-state index is 0.635. The number of fused-ring (bicyclic) bond motifs is 12. The van der Waals surface area contributed by atoms with Crippen molar-refractivity contribution in [1.29, 1.82) is 0 Å². The Balaban J connectivity index is 1.10. The summed E-state index contributed by atoms with van der Waals surface area (Å²) >= 11 is 0. The Hall–Kier alpha value is -8.34. The molecule has 4 nitrogen and oxygen atoms in total. The summed E-state index contributed by atoms with van der Waals surface area (Å²) in [7, 11) is 0. The molecule has 0 aliphatic rings. The highest BCUT2D eigenvalue weighted by molar-refractivity contribution is 6.25. The largest absolute Gasteiger partial charge is 0.455 e. The van der Waals surface area contributed by atoms with Crippen molar-refractivity contribution in [2.75, 3.05) is 0 Å². The number of hydrogen-bond donors (Lipinski definition) is 0. The maximum absolute atomic E-state index is 6.58. The molecule has 4 heteroatoms. The van der Waals surface area contributed by atoms with Gasteiger partial charge in [0.1, 0.15) is 11.2 Å². The molecule has 0 fully saturated rings. The van der Waals surface area contributed by atoms with Gasteiger partial charge in [-0.3, -0.25) is 0 Å². The van der Waals surface area contributed by atoms with E-state index in [0.29, 0.717) is 5.82 Å². The molecule has 10 aromatic carbocycles. The summed E-state index contributed by atoms with van der Waals surface area (Å²) in [5.41, 5.74) is 11.7. The normalized spacial score (nSPS) is 11.9. The highest BCUT2D eigenvalue weighted by atomic mass is 16.3.